The molecule has 3 fully saturated rings. The second kappa shape index (κ2) is 10.5. The van der Waals surface area contributed by atoms with Crippen molar-refractivity contribution in [3.05, 3.63) is 23.8 Å². The topological polar surface area (TPSA) is 71.5 Å². The summed E-state index contributed by atoms with van der Waals surface area (Å²) in [6.07, 6.45) is 3.68. The molecule has 0 aromatic heterocycles. The molecular formula is C24H35N3O5. The van der Waals surface area contributed by atoms with Crippen LogP contribution in [0.1, 0.15) is 24.8 Å². The molecule has 32 heavy (non-hydrogen) atoms. The number of piperazine rings is 1. The molecule has 4 rings (SSSR count). The number of hydrogen-bond acceptors (Lipinski definition) is 6. The predicted octanol–water partition coefficient (Wildman–Crippen LogP) is 1.42. The van der Waals surface area contributed by atoms with Gasteiger partial charge in [0.05, 0.1) is 26.2 Å². The molecule has 1 aromatic carbocycles. The quantitative estimate of drug-likeness (QED) is 0.603. The lowest BCUT2D eigenvalue weighted by atomic mass is 10.1. The van der Waals surface area contributed by atoms with E-state index in [1.807, 2.05) is 28.0 Å². The summed E-state index contributed by atoms with van der Waals surface area (Å²) in [5.41, 5.74) is 1.08. The van der Waals surface area contributed by atoms with Crippen molar-refractivity contribution in [2.45, 2.75) is 31.8 Å². The van der Waals surface area contributed by atoms with Crippen LogP contribution in [0.4, 0.5) is 0 Å². The van der Waals surface area contributed by atoms with E-state index >= 15 is 0 Å². The molecule has 1 aromatic rings. The molecular weight excluding hydrogens is 410 g/mol. The van der Waals surface area contributed by atoms with E-state index in [1.54, 1.807) is 14.2 Å². The van der Waals surface area contributed by atoms with Crippen LogP contribution in [0.2, 0.25) is 0 Å². The van der Waals surface area contributed by atoms with Gasteiger partial charge in [0.25, 0.3) is 0 Å². The Hall–Kier alpha value is -2.32. The average molecular weight is 446 g/mol. The van der Waals surface area contributed by atoms with Gasteiger partial charge in [0, 0.05) is 58.8 Å². The zero-order chi connectivity index (χ0) is 22.5. The number of ether oxygens (including phenoxy) is 3. The summed E-state index contributed by atoms with van der Waals surface area (Å²) in [6.45, 7) is 6.21. The molecule has 0 N–H and O–H groups in total. The summed E-state index contributed by atoms with van der Waals surface area (Å²) in [6, 6.07) is 5.81. The van der Waals surface area contributed by atoms with Gasteiger partial charge in [0.1, 0.15) is 0 Å². The van der Waals surface area contributed by atoms with Gasteiger partial charge < -0.3 is 24.0 Å². The SMILES string of the molecule is COc1ccc(CCN2C[C@@H](C(=O)N3CCN(C[C@@H]4CCCO4)CC3)CC2=O)cc1OC. The Morgan fingerprint density at radius 1 is 1.12 bits per heavy atom. The molecule has 0 spiro atoms. The third-order valence-corrected chi connectivity index (χ3v) is 6.85. The van der Waals surface area contributed by atoms with Gasteiger partial charge in [0.2, 0.25) is 11.8 Å². The number of amides is 2. The molecule has 3 aliphatic heterocycles. The Labute approximate surface area is 190 Å². The lowest BCUT2D eigenvalue weighted by Crippen LogP contribution is -2.52. The van der Waals surface area contributed by atoms with Gasteiger partial charge in [-0.25, -0.2) is 0 Å². The van der Waals surface area contributed by atoms with E-state index < -0.39 is 0 Å². The number of benzene rings is 1. The summed E-state index contributed by atoms with van der Waals surface area (Å²) in [5, 5.41) is 0. The van der Waals surface area contributed by atoms with E-state index in [0.29, 0.717) is 37.1 Å². The maximum atomic E-state index is 13.0. The molecule has 0 bridgehead atoms. The first-order valence-electron chi connectivity index (χ1n) is 11.7. The summed E-state index contributed by atoms with van der Waals surface area (Å²) in [4.78, 5) is 31.8. The van der Waals surface area contributed by atoms with Crippen LogP contribution < -0.4 is 9.47 Å². The van der Waals surface area contributed by atoms with Gasteiger partial charge in [0.15, 0.2) is 11.5 Å². The van der Waals surface area contributed by atoms with E-state index in [9.17, 15) is 9.59 Å². The van der Waals surface area contributed by atoms with Crippen molar-refractivity contribution in [3.63, 3.8) is 0 Å². The lowest BCUT2D eigenvalue weighted by Gasteiger charge is -2.36. The zero-order valence-corrected chi connectivity index (χ0v) is 19.3. The number of methoxy groups -OCH3 is 2. The van der Waals surface area contributed by atoms with Crippen molar-refractivity contribution < 1.29 is 23.8 Å². The number of rotatable bonds is 8. The largest absolute Gasteiger partial charge is 0.493 e. The van der Waals surface area contributed by atoms with Gasteiger partial charge in [-0.05, 0) is 37.0 Å². The van der Waals surface area contributed by atoms with Crippen molar-refractivity contribution >= 4 is 11.8 Å². The molecule has 0 unspecified atom stereocenters. The monoisotopic (exact) mass is 445 g/mol. The fraction of sp³-hybridized carbons (Fsp3) is 0.667. The molecule has 0 saturated carbocycles. The first kappa shape index (κ1) is 22.9. The van der Waals surface area contributed by atoms with Crippen molar-refractivity contribution in [2.75, 3.05) is 66.6 Å². The highest BCUT2D eigenvalue weighted by atomic mass is 16.5. The van der Waals surface area contributed by atoms with Crippen LogP contribution in [0.3, 0.4) is 0 Å². The summed E-state index contributed by atoms with van der Waals surface area (Å²) < 4.78 is 16.4. The minimum atomic E-state index is -0.224. The fourth-order valence-electron chi connectivity index (χ4n) is 4.94. The minimum Gasteiger partial charge on any atom is -0.493 e. The molecule has 0 aliphatic carbocycles. The Bertz CT molecular complexity index is 803. The molecule has 176 valence electrons. The van der Waals surface area contributed by atoms with Crippen LogP contribution in [-0.2, 0) is 20.7 Å². The third kappa shape index (κ3) is 5.35. The van der Waals surface area contributed by atoms with Crippen LogP contribution >= 0.6 is 0 Å². The fourth-order valence-corrected chi connectivity index (χ4v) is 4.94. The number of likely N-dealkylation sites (tertiary alicyclic amines) is 1. The van der Waals surface area contributed by atoms with Crippen LogP contribution in [0.5, 0.6) is 11.5 Å². The Morgan fingerprint density at radius 3 is 2.59 bits per heavy atom. The molecule has 3 saturated heterocycles. The van der Waals surface area contributed by atoms with Gasteiger partial charge in [-0.15, -0.1) is 0 Å². The molecule has 8 heteroatoms. The molecule has 2 amide bonds. The van der Waals surface area contributed by atoms with Gasteiger partial charge in [-0.1, -0.05) is 6.07 Å². The standard InChI is InChI=1S/C24H35N3O5/c1-30-21-6-5-18(14-22(21)31-2)7-8-27-16-19(15-23(27)28)24(29)26-11-9-25(10-12-26)17-20-4-3-13-32-20/h5-6,14,19-20H,3-4,7-13,15-17H2,1-2H3/t19-,20-/m0/s1. The van der Waals surface area contributed by atoms with Crippen molar-refractivity contribution in [2.24, 2.45) is 5.92 Å². The van der Waals surface area contributed by atoms with Crippen LogP contribution in [0, 0.1) is 5.92 Å². The second-order valence-corrected chi connectivity index (χ2v) is 8.94. The van der Waals surface area contributed by atoms with Crippen molar-refractivity contribution in [3.8, 4) is 11.5 Å². The smallest absolute Gasteiger partial charge is 0.228 e. The molecule has 8 nitrogen and oxygen atoms in total. The first-order chi connectivity index (χ1) is 15.6. The highest BCUT2D eigenvalue weighted by Crippen LogP contribution is 2.28. The molecule has 2 atom stereocenters. The van der Waals surface area contributed by atoms with E-state index in [4.69, 9.17) is 14.2 Å². The van der Waals surface area contributed by atoms with Crippen molar-refractivity contribution in [1.29, 1.82) is 0 Å². The first-order valence-corrected chi connectivity index (χ1v) is 11.7. The normalized spacial score (nSPS) is 24.2. The zero-order valence-electron chi connectivity index (χ0n) is 19.3. The predicted molar refractivity (Wildman–Crippen MR) is 120 cm³/mol. The van der Waals surface area contributed by atoms with Crippen molar-refractivity contribution in [1.82, 2.24) is 14.7 Å². The number of nitrogens with zero attached hydrogens (tertiary/aromatic N) is 3. The third-order valence-electron chi connectivity index (χ3n) is 6.85. The Kier molecular flexibility index (Phi) is 7.52. The minimum absolute atomic E-state index is 0.0702. The Morgan fingerprint density at radius 2 is 1.91 bits per heavy atom. The van der Waals surface area contributed by atoms with E-state index in [2.05, 4.69) is 4.90 Å². The van der Waals surface area contributed by atoms with Gasteiger partial charge >= 0.3 is 0 Å². The summed E-state index contributed by atoms with van der Waals surface area (Å²) >= 11 is 0. The number of carbonyl (C=O) groups excluding carboxylic acids is 2. The second-order valence-electron chi connectivity index (χ2n) is 8.94. The van der Waals surface area contributed by atoms with E-state index in [-0.39, 0.29) is 17.7 Å². The maximum Gasteiger partial charge on any atom is 0.228 e. The summed E-state index contributed by atoms with van der Waals surface area (Å²) in [5.74, 6) is 1.35. The van der Waals surface area contributed by atoms with Gasteiger partial charge in [-0.2, -0.15) is 0 Å². The lowest BCUT2D eigenvalue weighted by molar-refractivity contribution is -0.137. The van der Waals surface area contributed by atoms with Gasteiger partial charge in [-0.3, -0.25) is 14.5 Å². The summed E-state index contributed by atoms with van der Waals surface area (Å²) in [7, 11) is 3.23. The van der Waals surface area contributed by atoms with Crippen LogP contribution in [0.15, 0.2) is 18.2 Å². The average Bonchev–Trinajstić information content (AvgIpc) is 3.47. The van der Waals surface area contributed by atoms with Crippen LogP contribution in [0.25, 0.3) is 0 Å². The molecule has 3 heterocycles. The number of hydrogen-bond donors (Lipinski definition) is 0. The van der Waals surface area contributed by atoms with Crippen LogP contribution in [-0.4, -0.2) is 99.3 Å². The Balaban J connectivity index is 1.24. The number of carbonyl (C=O) groups is 2. The highest BCUT2D eigenvalue weighted by molar-refractivity contribution is 5.89. The molecule has 0 radical (unpaired) electrons. The molecule has 3 aliphatic rings. The highest BCUT2D eigenvalue weighted by Gasteiger charge is 2.37. The van der Waals surface area contributed by atoms with E-state index in [1.165, 1.54) is 0 Å². The van der Waals surface area contributed by atoms with E-state index in [0.717, 1.165) is 64.2 Å². The maximum absolute atomic E-state index is 13.0.